The van der Waals surface area contributed by atoms with Crippen LogP contribution in [0.2, 0.25) is 0 Å². The molecule has 14 nitrogen and oxygen atoms in total. The number of nitrogens with zero attached hydrogens (tertiary/aromatic N) is 5. The Hall–Kier alpha value is -4.62. The van der Waals surface area contributed by atoms with Gasteiger partial charge in [0.1, 0.15) is 39.9 Å². The number of carbonyl (C=O) groups excluding carboxylic acids is 4. The number of benzene rings is 1. The van der Waals surface area contributed by atoms with E-state index in [2.05, 4.69) is 11.9 Å². The van der Waals surface area contributed by atoms with E-state index in [4.69, 9.17) is 19.4 Å². The van der Waals surface area contributed by atoms with Crippen LogP contribution in [0.4, 0.5) is 13.2 Å². The third kappa shape index (κ3) is 9.52. The number of ether oxygens (including phenoxy) is 2. The number of pyridine rings is 1. The Labute approximate surface area is 377 Å². The number of carbonyl (C=O) groups is 4. The van der Waals surface area contributed by atoms with Gasteiger partial charge in [-0.2, -0.15) is 13.2 Å². The van der Waals surface area contributed by atoms with Crippen molar-refractivity contribution in [1.29, 1.82) is 0 Å². The van der Waals surface area contributed by atoms with Gasteiger partial charge in [0, 0.05) is 60.3 Å². The largest absolute Gasteiger partial charge is 0.755 e. The normalized spacial score (nSPS) is 23.8. The lowest BCUT2D eigenvalue weighted by atomic mass is 9.77. The summed E-state index contributed by atoms with van der Waals surface area (Å²) in [6.07, 6.45) is -3.40. The minimum atomic E-state index is -4.37. The maximum absolute atomic E-state index is 15.0. The number of amides is 4. The van der Waals surface area contributed by atoms with Gasteiger partial charge in [-0.1, -0.05) is 40.7 Å². The molecule has 6 atom stereocenters. The van der Waals surface area contributed by atoms with Crippen LogP contribution >= 0.6 is 11.3 Å². The van der Waals surface area contributed by atoms with Crippen molar-refractivity contribution >= 4 is 57.1 Å². The van der Waals surface area contributed by atoms with Gasteiger partial charge in [-0.15, -0.1) is 17.9 Å². The molecule has 2 aliphatic heterocycles. The highest BCUT2D eigenvalue weighted by Crippen LogP contribution is 2.48. The number of fused-ring (bicyclic) bond motifs is 1. The van der Waals surface area contributed by atoms with Crippen LogP contribution in [-0.2, 0) is 30.4 Å². The Morgan fingerprint density at radius 1 is 1.11 bits per heavy atom. The summed E-state index contributed by atoms with van der Waals surface area (Å²) in [5.41, 5.74) is 0.337. The van der Waals surface area contributed by atoms with Crippen LogP contribution in [-0.4, -0.2) is 113 Å². The number of rotatable bonds is 14. The summed E-state index contributed by atoms with van der Waals surface area (Å²) in [5.74, 6) is -4.39. The molecule has 0 radical (unpaired) electrons. The lowest BCUT2D eigenvalue weighted by molar-refractivity contribution is -0.186. The fourth-order valence-electron chi connectivity index (χ4n) is 8.93. The van der Waals surface area contributed by atoms with E-state index in [0.717, 1.165) is 15.6 Å². The Morgan fingerprint density at radius 3 is 2.34 bits per heavy atom. The fraction of sp³-hybridized carbons (Fsp3) is 0.600. The molecule has 2 aromatic heterocycles. The second-order valence-electron chi connectivity index (χ2n) is 18.9. The Kier molecular flexibility index (Phi) is 13.3. The van der Waals surface area contributed by atoms with Gasteiger partial charge < -0.3 is 29.1 Å². The summed E-state index contributed by atoms with van der Waals surface area (Å²) in [6, 6.07) is 3.65. The fourth-order valence-corrected chi connectivity index (χ4v) is 10.6. The SMILES string of the molecule is C=CC1CC1(NC(=O)[C@@H]1C[C@@H](Oc2cc(-c3nc(C(C)C)cs3)nc3c(C)c(OC)ccc23)CN1C(=O)[C@@H](CC(=O)N1CCC(C(F)(F)F)CC1)C(C)(C)C)C(=O)N(C1CC1)S(=O)[O-]. The predicted molar refractivity (Wildman–Crippen MR) is 234 cm³/mol. The average Bonchev–Trinajstić information content (AvgIpc) is 4.09. The molecular weight excluding hydrogens is 874 g/mol. The number of methoxy groups -OCH3 is 1. The van der Waals surface area contributed by atoms with E-state index in [1.54, 1.807) is 40.0 Å². The zero-order chi connectivity index (χ0) is 46.6. The lowest BCUT2D eigenvalue weighted by Crippen LogP contribution is -2.57. The van der Waals surface area contributed by atoms with Crippen molar-refractivity contribution in [2.24, 2.45) is 23.2 Å². The van der Waals surface area contributed by atoms with Gasteiger partial charge >= 0.3 is 6.18 Å². The first kappa shape index (κ1) is 47.3. The maximum atomic E-state index is 15.0. The number of halogens is 3. The predicted octanol–water partition coefficient (Wildman–Crippen LogP) is 6.85. The molecule has 4 fully saturated rings. The highest BCUT2D eigenvalue weighted by molar-refractivity contribution is 7.77. The molecule has 3 unspecified atom stereocenters. The molecule has 4 heterocycles. The third-order valence-corrected chi connectivity index (χ3v) is 14.8. The first-order valence-electron chi connectivity index (χ1n) is 21.7. The number of hydrogen-bond donors (Lipinski definition) is 1. The van der Waals surface area contributed by atoms with Crippen molar-refractivity contribution in [3.8, 4) is 22.2 Å². The molecule has 19 heteroatoms. The molecule has 0 spiro atoms. The third-order valence-electron chi connectivity index (χ3n) is 13.1. The smallest absolute Gasteiger partial charge is 0.391 e. The number of alkyl halides is 3. The van der Waals surface area contributed by atoms with Crippen molar-refractivity contribution in [3.05, 3.63) is 47.5 Å². The van der Waals surface area contributed by atoms with Crippen LogP contribution in [0.1, 0.15) is 96.7 Å². The molecule has 0 bridgehead atoms. The summed E-state index contributed by atoms with van der Waals surface area (Å²) in [4.78, 5) is 70.1. The van der Waals surface area contributed by atoms with Gasteiger partial charge in [-0.25, -0.2) is 9.97 Å². The molecule has 7 rings (SSSR count). The number of piperidine rings is 1. The second kappa shape index (κ2) is 18.0. The zero-order valence-corrected chi connectivity index (χ0v) is 38.8. The second-order valence-corrected chi connectivity index (χ2v) is 20.6. The van der Waals surface area contributed by atoms with Gasteiger partial charge in [0.2, 0.25) is 17.7 Å². The van der Waals surface area contributed by atoms with Crippen LogP contribution in [0.3, 0.4) is 0 Å². The van der Waals surface area contributed by atoms with Gasteiger partial charge in [0.25, 0.3) is 5.91 Å². The van der Waals surface area contributed by atoms with Gasteiger partial charge in [-0.3, -0.25) is 27.7 Å². The molecule has 3 aromatic rings. The van der Waals surface area contributed by atoms with E-state index in [1.807, 2.05) is 32.2 Å². The monoisotopic (exact) mass is 929 g/mol. The number of aryl methyl sites for hydroxylation is 1. The van der Waals surface area contributed by atoms with E-state index in [9.17, 15) is 36.3 Å². The molecule has 1 aromatic carbocycles. The van der Waals surface area contributed by atoms with E-state index < -0.39 is 88.0 Å². The summed E-state index contributed by atoms with van der Waals surface area (Å²) in [5, 5.41) is 6.13. The number of aromatic nitrogens is 2. The van der Waals surface area contributed by atoms with Crippen LogP contribution < -0.4 is 14.8 Å². The van der Waals surface area contributed by atoms with Crippen LogP contribution in [0, 0.1) is 30.1 Å². The number of likely N-dealkylation sites (tertiary alicyclic amines) is 2. The molecule has 2 saturated heterocycles. The van der Waals surface area contributed by atoms with Crippen molar-refractivity contribution in [2.45, 2.75) is 122 Å². The maximum Gasteiger partial charge on any atom is 0.391 e. The highest BCUT2D eigenvalue weighted by Gasteiger charge is 2.63. The van der Waals surface area contributed by atoms with Gasteiger partial charge in [0.05, 0.1) is 48.0 Å². The minimum Gasteiger partial charge on any atom is -0.755 e. The molecule has 4 amide bonds. The number of nitrogens with one attached hydrogen (secondary N) is 1. The topological polar surface area (TPSA) is 174 Å². The quantitative estimate of drug-likeness (QED) is 0.133. The summed E-state index contributed by atoms with van der Waals surface area (Å²) in [7, 11) is 1.56. The average molecular weight is 930 g/mol. The van der Waals surface area contributed by atoms with Crippen LogP contribution in [0.15, 0.2) is 36.2 Å². The van der Waals surface area contributed by atoms with Crippen molar-refractivity contribution in [3.63, 3.8) is 0 Å². The summed E-state index contributed by atoms with van der Waals surface area (Å²) < 4.78 is 78.3. The van der Waals surface area contributed by atoms with Gasteiger partial charge in [0.15, 0.2) is 0 Å². The molecule has 4 aliphatic rings. The van der Waals surface area contributed by atoms with E-state index in [-0.39, 0.29) is 57.7 Å². The molecule has 348 valence electrons. The molecule has 2 aliphatic carbocycles. The first-order chi connectivity index (χ1) is 30.1. The Morgan fingerprint density at radius 2 is 1.80 bits per heavy atom. The molecule has 1 N–H and O–H groups in total. The number of hydrogen-bond acceptors (Lipinski definition) is 11. The molecule has 64 heavy (non-hydrogen) atoms. The lowest BCUT2D eigenvalue weighted by Gasteiger charge is -2.38. The Balaban J connectivity index is 1.23. The Bertz CT molecular complexity index is 2340. The number of thiazole rings is 1. The summed E-state index contributed by atoms with van der Waals surface area (Å²) in [6.45, 7) is 14.8. The molecular formula is C45H56F3N6O8S2-. The first-order valence-corrected chi connectivity index (χ1v) is 23.6. The minimum absolute atomic E-state index is 0.0424. The van der Waals surface area contributed by atoms with E-state index in [0.29, 0.717) is 45.9 Å². The van der Waals surface area contributed by atoms with Gasteiger partial charge in [-0.05, 0) is 62.5 Å². The van der Waals surface area contributed by atoms with Crippen LogP contribution in [0.5, 0.6) is 11.5 Å². The van der Waals surface area contributed by atoms with E-state index in [1.165, 1.54) is 27.2 Å². The molecule has 2 saturated carbocycles. The summed E-state index contributed by atoms with van der Waals surface area (Å²) >= 11 is -1.45. The van der Waals surface area contributed by atoms with Crippen molar-refractivity contribution < 1.29 is 50.6 Å². The van der Waals surface area contributed by atoms with Crippen molar-refractivity contribution in [1.82, 2.24) is 29.4 Å². The van der Waals surface area contributed by atoms with Crippen LogP contribution in [0.25, 0.3) is 21.6 Å². The standard InChI is InChI=1S/C45H57F3N6O8S2/c1-9-26-21-44(26,42(58)54(64(59)60)28-10-11-28)51-39(56)34-18-29(22-53(34)41(57)31(43(5,6)7)19-37(55)52-16-14-27(15-17-52)45(46,47)48)62-36-20-32(40-50-33(23-63-40)24(2)3)49-38-25(4)35(61-8)13-12-30(36)38/h9,12-13,20,23-24,26-29,31,34H,1,10-11,14-19,21-22H2,2-8H3,(H,51,56)(H,59,60)/p-1/t26?,29-,31-,34+,44?/m1/s1. The highest BCUT2D eigenvalue weighted by atomic mass is 32.2. The van der Waals surface area contributed by atoms with E-state index >= 15 is 4.79 Å². The van der Waals surface area contributed by atoms with Crippen molar-refractivity contribution in [2.75, 3.05) is 26.7 Å². The zero-order valence-electron chi connectivity index (χ0n) is 37.2.